The minimum absolute atomic E-state index is 0.362. The standard InChI is InChI=1S/C11H15N/c1-11(2)8-12(3)10-7-5-4-6-9(10)11/h4-7H,8H2,1-3H3/p+1. The normalized spacial score (nSPS) is 25.4. The molecule has 1 heteroatoms. The van der Waals surface area contributed by atoms with E-state index >= 15 is 0 Å². The second kappa shape index (κ2) is 2.33. The highest BCUT2D eigenvalue weighted by molar-refractivity contribution is 5.46. The minimum Gasteiger partial charge on any atom is -0.304 e. The van der Waals surface area contributed by atoms with Gasteiger partial charge in [-0.1, -0.05) is 32.0 Å². The SMILES string of the molecule is C[NH+]1CC(C)(C)c2ccccc21. The van der Waals surface area contributed by atoms with Crippen LogP contribution in [-0.2, 0) is 5.41 Å². The Kier molecular flexibility index (Phi) is 1.52. The molecule has 1 N–H and O–H groups in total. The lowest BCUT2D eigenvalue weighted by Gasteiger charge is -2.14. The van der Waals surface area contributed by atoms with Crippen LogP contribution in [0.25, 0.3) is 0 Å². The molecule has 64 valence electrons. The van der Waals surface area contributed by atoms with Gasteiger partial charge in [-0.25, -0.2) is 0 Å². The molecule has 0 saturated carbocycles. The summed E-state index contributed by atoms with van der Waals surface area (Å²) >= 11 is 0. The van der Waals surface area contributed by atoms with Gasteiger partial charge in [-0.3, -0.25) is 0 Å². The van der Waals surface area contributed by atoms with E-state index < -0.39 is 0 Å². The third kappa shape index (κ3) is 0.969. The maximum atomic E-state index is 2.32. The van der Waals surface area contributed by atoms with E-state index in [-0.39, 0.29) is 0 Å². The molecule has 1 heterocycles. The summed E-state index contributed by atoms with van der Waals surface area (Å²) in [5.74, 6) is 0. The van der Waals surface area contributed by atoms with Crippen molar-refractivity contribution in [3.63, 3.8) is 0 Å². The summed E-state index contributed by atoms with van der Waals surface area (Å²) < 4.78 is 0. The van der Waals surface area contributed by atoms with Crippen LogP contribution in [0.1, 0.15) is 19.4 Å². The van der Waals surface area contributed by atoms with Crippen molar-refractivity contribution in [2.45, 2.75) is 19.3 Å². The zero-order valence-electron chi connectivity index (χ0n) is 8.02. The van der Waals surface area contributed by atoms with Crippen LogP contribution in [0.3, 0.4) is 0 Å². The van der Waals surface area contributed by atoms with Gasteiger partial charge in [-0.2, -0.15) is 0 Å². The molecule has 1 aliphatic rings. The Morgan fingerprint density at radius 1 is 1.25 bits per heavy atom. The molecule has 1 unspecified atom stereocenters. The van der Waals surface area contributed by atoms with Crippen molar-refractivity contribution in [1.29, 1.82) is 0 Å². The van der Waals surface area contributed by atoms with Gasteiger partial charge in [0.25, 0.3) is 0 Å². The lowest BCUT2D eigenvalue weighted by atomic mass is 9.87. The number of para-hydroxylation sites is 1. The molecule has 0 radical (unpaired) electrons. The number of fused-ring (bicyclic) bond motifs is 1. The lowest BCUT2D eigenvalue weighted by Crippen LogP contribution is -3.03. The second-order valence-corrected chi connectivity index (χ2v) is 4.39. The molecule has 12 heavy (non-hydrogen) atoms. The summed E-state index contributed by atoms with van der Waals surface area (Å²) in [6.45, 7) is 5.86. The third-order valence-electron chi connectivity index (χ3n) is 2.82. The zero-order chi connectivity index (χ0) is 8.77. The maximum absolute atomic E-state index is 2.32. The molecule has 1 aromatic rings. The van der Waals surface area contributed by atoms with Crippen LogP contribution in [0.15, 0.2) is 24.3 Å². The molecule has 1 atom stereocenters. The molecule has 0 bridgehead atoms. The van der Waals surface area contributed by atoms with Crippen LogP contribution in [0.5, 0.6) is 0 Å². The summed E-state index contributed by atoms with van der Waals surface area (Å²) in [7, 11) is 2.24. The van der Waals surface area contributed by atoms with Crippen molar-refractivity contribution in [3.05, 3.63) is 29.8 Å². The topological polar surface area (TPSA) is 4.44 Å². The average Bonchev–Trinajstić information content (AvgIpc) is 2.25. The molecular formula is C11H16N+. The van der Waals surface area contributed by atoms with Crippen LogP contribution in [0, 0.1) is 0 Å². The number of hydrogen-bond acceptors (Lipinski definition) is 0. The molecule has 0 amide bonds. The highest BCUT2D eigenvalue weighted by Crippen LogP contribution is 2.30. The first-order chi connectivity index (χ1) is 5.61. The van der Waals surface area contributed by atoms with Crippen LogP contribution in [0.4, 0.5) is 5.69 Å². The molecule has 1 aliphatic heterocycles. The summed E-state index contributed by atoms with van der Waals surface area (Å²) in [5.41, 5.74) is 3.35. The molecular weight excluding hydrogens is 146 g/mol. The smallest absolute Gasteiger partial charge is 0.135 e. The average molecular weight is 162 g/mol. The Labute approximate surface area is 74.0 Å². The summed E-state index contributed by atoms with van der Waals surface area (Å²) in [5, 5.41) is 0. The number of quaternary nitrogens is 1. The van der Waals surface area contributed by atoms with Gasteiger partial charge in [0.05, 0.1) is 13.6 Å². The monoisotopic (exact) mass is 162 g/mol. The van der Waals surface area contributed by atoms with E-state index in [2.05, 4.69) is 45.2 Å². The number of likely N-dealkylation sites (N-methyl/N-ethyl adjacent to an activating group) is 1. The van der Waals surface area contributed by atoms with Gasteiger partial charge in [0.2, 0.25) is 0 Å². The zero-order valence-corrected chi connectivity index (χ0v) is 8.02. The molecule has 0 fully saturated rings. The fourth-order valence-electron chi connectivity index (χ4n) is 2.30. The Morgan fingerprint density at radius 2 is 1.92 bits per heavy atom. The van der Waals surface area contributed by atoms with E-state index in [4.69, 9.17) is 0 Å². The van der Waals surface area contributed by atoms with Crippen molar-refractivity contribution >= 4 is 5.69 Å². The van der Waals surface area contributed by atoms with Crippen LogP contribution < -0.4 is 4.90 Å². The van der Waals surface area contributed by atoms with Crippen molar-refractivity contribution in [2.24, 2.45) is 0 Å². The largest absolute Gasteiger partial charge is 0.304 e. The molecule has 0 aliphatic carbocycles. The Hall–Kier alpha value is -0.820. The summed E-state index contributed by atoms with van der Waals surface area (Å²) in [6, 6.07) is 8.76. The first-order valence-corrected chi connectivity index (χ1v) is 4.53. The van der Waals surface area contributed by atoms with E-state index in [1.165, 1.54) is 22.7 Å². The summed E-state index contributed by atoms with van der Waals surface area (Å²) in [6.07, 6.45) is 0. The van der Waals surface area contributed by atoms with Gasteiger partial charge < -0.3 is 4.90 Å². The first-order valence-electron chi connectivity index (χ1n) is 4.53. The first kappa shape index (κ1) is 7.81. The molecule has 0 spiro atoms. The Bertz CT molecular complexity index is 302. The lowest BCUT2D eigenvalue weighted by molar-refractivity contribution is -0.806. The van der Waals surface area contributed by atoms with Gasteiger partial charge in [-0.15, -0.1) is 0 Å². The van der Waals surface area contributed by atoms with Gasteiger partial charge >= 0.3 is 0 Å². The Balaban J connectivity index is 2.58. The van der Waals surface area contributed by atoms with Crippen molar-refractivity contribution < 1.29 is 4.90 Å². The highest BCUT2D eigenvalue weighted by atomic mass is 15.1. The number of rotatable bonds is 0. The third-order valence-corrected chi connectivity index (χ3v) is 2.82. The Morgan fingerprint density at radius 3 is 2.58 bits per heavy atom. The van der Waals surface area contributed by atoms with E-state index in [0.717, 1.165) is 0 Å². The van der Waals surface area contributed by atoms with E-state index in [0.29, 0.717) is 5.41 Å². The van der Waals surface area contributed by atoms with Gasteiger partial charge in [-0.05, 0) is 6.07 Å². The van der Waals surface area contributed by atoms with E-state index in [9.17, 15) is 0 Å². The van der Waals surface area contributed by atoms with Gasteiger partial charge in [0.1, 0.15) is 5.69 Å². The van der Waals surface area contributed by atoms with Crippen LogP contribution in [-0.4, -0.2) is 13.6 Å². The van der Waals surface area contributed by atoms with Crippen molar-refractivity contribution in [3.8, 4) is 0 Å². The predicted molar refractivity (Wildman–Crippen MR) is 50.9 cm³/mol. The number of benzene rings is 1. The molecule has 0 saturated heterocycles. The number of nitrogens with one attached hydrogen (secondary N) is 1. The minimum atomic E-state index is 0.362. The molecule has 2 rings (SSSR count). The highest BCUT2D eigenvalue weighted by Gasteiger charge is 2.36. The quantitative estimate of drug-likeness (QED) is 0.583. The van der Waals surface area contributed by atoms with Crippen LogP contribution >= 0.6 is 0 Å². The van der Waals surface area contributed by atoms with Gasteiger partial charge in [0.15, 0.2) is 0 Å². The van der Waals surface area contributed by atoms with Crippen LogP contribution in [0.2, 0.25) is 0 Å². The van der Waals surface area contributed by atoms with Crippen molar-refractivity contribution in [2.75, 3.05) is 13.6 Å². The van der Waals surface area contributed by atoms with E-state index in [1.807, 2.05) is 0 Å². The fraction of sp³-hybridized carbons (Fsp3) is 0.455. The van der Waals surface area contributed by atoms with E-state index in [1.54, 1.807) is 0 Å². The second-order valence-electron chi connectivity index (χ2n) is 4.39. The molecule has 1 aromatic carbocycles. The molecule has 1 nitrogen and oxygen atoms in total. The molecule has 0 aromatic heterocycles. The van der Waals surface area contributed by atoms with Crippen molar-refractivity contribution in [1.82, 2.24) is 0 Å². The predicted octanol–water partition coefficient (Wildman–Crippen LogP) is 1.12. The van der Waals surface area contributed by atoms with Gasteiger partial charge in [0, 0.05) is 11.0 Å². The number of hydrogen-bond donors (Lipinski definition) is 1. The summed E-state index contributed by atoms with van der Waals surface area (Å²) in [4.78, 5) is 1.54. The fourth-order valence-corrected chi connectivity index (χ4v) is 2.30. The maximum Gasteiger partial charge on any atom is 0.135 e.